The standard InChI is InChI=1S/C29H37Cl2N7O2.3ClH/c1-16(2)37(9-4-3-5-25-35-22-12-20(30)21(31)13-23(22)36-25)14-17-11-24(27(40)26(17)39)38-10-8-19-28(34-18-6-7-18)32-15-33-29(19)38;;;/h8,10,12-13,15-18,24,26-27,39-40H,3-7,9,11,14H2,1-2H3,(H,35,36)(H,32,33,34);3*1H/t17-,24-,26-,27-;;;/m1.../s1. The number of nitrogens with one attached hydrogen (secondary N) is 2. The molecule has 4 atom stereocenters. The van der Waals surface area contributed by atoms with Crippen LogP contribution in [0.4, 0.5) is 5.82 Å². The fourth-order valence-electron chi connectivity index (χ4n) is 5.98. The number of aromatic nitrogens is 5. The molecule has 6 rings (SSSR count). The molecule has 4 aromatic rings. The van der Waals surface area contributed by atoms with Gasteiger partial charge < -0.3 is 30.0 Å². The van der Waals surface area contributed by atoms with E-state index < -0.39 is 12.2 Å². The molecule has 0 saturated heterocycles. The van der Waals surface area contributed by atoms with E-state index in [2.05, 4.69) is 44.0 Å². The van der Waals surface area contributed by atoms with Crippen LogP contribution >= 0.6 is 60.4 Å². The minimum atomic E-state index is -0.848. The van der Waals surface area contributed by atoms with Gasteiger partial charge in [0.1, 0.15) is 29.7 Å². The maximum Gasteiger partial charge on any atom is 0.145 e. The highest BCUT2D eigenvalue weighted by molar-refractivity contribution is 6.42. The molecule has 4 N–H and O–H groups in total. The summed E-state index contributed by atoms with van der Waals surface area (Å²) in [4.78, 5) is 19.4. The predicted molar refractivity (Wildman–Crippen MR) is 181 cm³/mol. The van der Waals surface area contributed by atoms with Crippen molar-refractivity contribution in [2.75, 3.05) is 18.4 Å². The molecule has 0 aliphatic heterocycles. The Kier molecular flexibility index (Phi) is 12.7. The van der Waals surface area contributed by atoms with Gasteiger partial charge in [-0.15, -0.1) is 37.2 Å². The number of aryl methyl sites for hydroxylation is 1. The molecule has 0 bridgehead atoms. The fourth-order valence-corrected chi connectivity index (χ4v) is 6.30. The zero-order chi connectivity index (χ0) is 28.0. The Morgan fingerprint density at radius 1 is 1.07 bits per heavy atom. The third-order valence-electron chi connectivity index (χ3n) is 8.44. The molecule has 43 heavy (non-hydrogen) atoms. The number of unbranched alkanes of at least 4 members (excludes halogenated alkanes) is 1. The number of fused-ring (bicyclic) bond motifs is 2. The topological polar surface area (TPSA) is 115 Å². The van der Waals surface area contributed by atoms with Gasteiger partial charge in [-0.05, 0) is 70.7 Å². The summed E-state index contributed by atoms with van der Waals surface area (Å²) in [5.41, 5.74) is 2.52. The Bertz CT molecular complexity index is 1460. The smallest absolute Gasteiger partial charge is 0.145 e. The average Bonchev–Trinajstić information content (AvgIpc) is 3.39. The van der Waals surface area contributed by atoms with E-state index >= 15 is 0 Å². The van der Waals surface area contributed by atoms with Crippen molar-refractivity contribution < 1.29 is 10.2 Å². The summed E-state index contributed by atoms with van der Waals surface area (Å²) in [7, 11) is 0. The van der Waals surface area contributed by atoms with Crippen LogP contribution in [0.2, 0.25) is 10.0 Å². The molecule has 0 radical (unpaired) electrons. The van der Waals surface area contributed by atoms with E-state index in [4.69, 9.17) is 23.2 Å². The van der Waals surface area contributed by atoms with Crippen molar-refractivity contribution in [2.24, 2.45) is 5.92 Å². The molecule has 0 spiro atoms. The number of aliphatic hydroxyl groups excluding tert-OH is 2. The van der Waals surface area contributed by atoms with Crippen molar-refractivity contribution in [3.8, 4) is 0 Å². The van der Waals surface area contributed by atoms with Crippen molar-refractivity contribution in [3.63, 3.8) is 0 Å². The second-order valence-corrected chi connectivity index (χ2v) is 12.5. The van der Waals surface area contributed by atoms with Crippen LogP contribution in [0.3, 0.4) is 0 Å². The van der Waals surface area contributed by atoms with Gasteiger partial charge in [0.2, 0.25) is 0 Å². The van der Waals surface area contributed by atoms with Crippen molar-refractivity contribution in [3.05, 3.63) is 46.6 Å². The molecule has 2 aliphatic carbocycles. The van der Waals surface area contributed by atoms with Crippen molar-refractivity contribution in [2.45, 2.75) is 82.7 Å². The van der Waals surface area contributed by atoms with Crippen LogP contribution in [0.1, 0.15) is 57.8 Å². The summed E-state index contributed by atoms with van der Waals surface area (Å²) in [6.07, 6.45) is 7.75. The lowest BCUT2D eigenvalue weighted by atomic mass is 10.0. The first kappa shape index (κ1) is 35.9. The summed E-state index contributed by atoms with van der Waals surface area (Å²) in [6, 6.07) is 6.21. The van der Waals surface area contributed by atoms with E-state index in [1.807, 2.05) is 22.9 Å². The maximum atomic E-state index is 11.1. The first-order valence-corrected chi connectivity index (χ1v) is 15.1. The van der Waals surface area contributed by atoms with Crippen LogP contribution in [-0.2, 0) is 6.42 Å². The number of hydrogen-bond acceptors (Lipinski definition) is 7. The first-order valence-electron chi connectivity index (χ1n) is 14.3. The van der Waals surface area contributed by atoms with Gasteiger partial charge in [-0.3, -0.25) is 0 Å². The van der Waals surface area contributed by atoms with Gasteiger partial charge in [-0.1, -0.05) is 23.2 Å². The van der Waals surface area contributed by atoms with Crippen LogP contribution in [0.15, 0.2) is 30.7 Å². The lowest BCUT2D eigenvalue weighted by Crippen LogP contribution is -2.40. The maximum absolute atomic E-state index is 11.1. The van der Waals surface area contributed by atoms with E-state index in [9.17, 15) is 10.2 Å². The van der Waals surface area contributed by atoms with E-state index in [1.54, 1.807) is 12.4 Å². The van der Waals surface area contributed by atoms with E-state index in [0.29, 0.717) is 28.5 Å². The molecule has 14 heteroatoms. The van der Waals surface area contributed by atoms with Crippen LogP contribution in [0.5, 0.6) is 0 Å². The van der Waals surface area contributed by atoms with Crippen molar-refractivity contribution >= 4 is 88.3 Å². The zero-order valence-corrected chi connectivity index (χ0v) is 28.1. The molecule has 9 nitrogen and oxygen atoms in total. The molecule has 238 valence electrons. The van der Waals surface area contributed by atoms with Gasteiger partial charge in [-0.25, -0.2) is 15.0 Å². The fraction of sp³-hybridized carbons (Fsp3) is 0.552. The molecule has 0 unspecified atom stereocenters. The van der Waals surface area contributed by atoms with Gasteiger partial charge in [0.25, 0.3) is 0 Å². The number of aliphatic hydroxyl groups is 2. The highest BCUT2D eigenvalue weighted by Gasteiger charge is 2.43. The Balaban J connectivity index is 0.00000169. The second-order valence-electron chi connectivity index (χ2n) is 11.7. The van der Waals surface area contributed by atoms with Gasteiger partial charge in [-0.2, -0.15) is 0 Å². The monoisotopic (exact) mass is 693 g/mol. The van der Waals surface area contributed by atoms with Gasteiger partial charge in [0.05, 0.1) is 38.6 Å². The molecule has 2 fully saturated rings. The van der Waals surface area contributed by atoms with Crippen molar-refractivity contribution in [1.82, 2.24) is 29.4 Å². The Labute approximate surface area is 280 Å². The van der Waals surface area contributed by atoms with E-state index in [1.165, 1.54) is 0 Å². The number of nitrogens with zero attached hydrogens (tertiary/aromatic N) is 5. The number of anilines is 1. The Morgan fingerprint density at radius 2 is 1.81 bits per heavy atom. The predicted octanol–water partition coefficient (Wildman–Crippen LogP) is 6.47. The number of halogens is 5. The van der Waals surface area contributed by atoms with Crippen molar-refractivity contribution in [1.29, 1.82) is 0 Å². The van der Waals surface area contributed by atoms with Crippen LogP contribution in [0, 0.1) is 5.92 Å². The molecule has 3 heterocycles. The molecular weight excluding hydrogens is 656 g/mol. The van der Waals surface area contributed by atoms with Gasteiger partial charge in [0.15, 0.2) is 0 Å². The number of hydrogen-bond donors (Lipinski definition) is 4. The highest BCUT2D eigenvalue weighted by atomic mass is 35.5. The normalized spacial score (nSPS) is 21.7. The summed E-state index contributed by atoms with van der Waals surface area (Å²) in [6.45, 7) is 6.02. The lowest BCUT2D eigenvalue weighted by Gasteiger charge is -2.30. The average molecular weight is 696 g/mol. The summed E-state index contributed by atoms with van der Waals surface area (Å²) in [5, 5.41) is 27.6. The van der Waals surface area contributed by atoms with Crippen LogP contribution < -0.4 is 5.32 Å². The number of imidazole rings is 1. The van der Waals surface area contributed by atoms with Gasteiger partial charge in [0, 0.05) is 37.2 Å². The zero-order valence-electron chi connectivity index (χ0n) is 24.1. The summed E-state index contributed by atoms with van der Waals surface area (Å²) >= 11 is 12.3. The molecule has 2 saturated carbocycles. The quantitative estimate of drug-likeness (QED) is 0.133. The largest absolute Gasteiger partial charge is 0.390 e. The van der Waals surface area contributed by atoms with Crippen LogP contribution in [-0.4, -0.2) is 77.0 Å². The highest BCUT2D eigenvalue weighted by Crippen LogP contribution is 2.39. The third kappa shape index (κ3) is 7.82. The second kappa shape index (κ2) is 15.1. The van der Waals surface area contributed by atoms with E-state index in [0.717, 1.165) is 78.9 Å². The minimum Gasteiger partial charge on any atom is -0.390 e. The molecule has 2 aliphatic rings. The lowest BCUT2D eigenvalue weighted by molar-refractivity contribution is -0.00171. The summed E-state index contributed by atoms with van der Waals surface area (Å²) in [5.74, 6) is 1.74. The number of H-pyrrole nitrogens is 1. The first-order chi connectivity index (χ1) is 19.3. The Hall–Kier alpha value is -1.56. The number of aromatic amines is 1. The number of benzene rings is 1. The number of rotatable bonds is 11. The molecule has 3 aromatic heterocycles. The van der Waals surface area contributed by atoms with Crippen LogP contribution in [0.25, 0.3) is 22.1 Å². The third-order valence-corrected chi connectivity index (χ3v) is 9.16. The van der Waals surface area contributed by atoms with E-state index in [-0.39, 0.29) is 49.2 Å². The molecule has 0 amide bonds. The summed E-state index contributed by atoms with van der Waals surface area (Å²) < 4.78 is 2.02. The van der Waals surface area contributed by atoms with Gasteiger partial charge >= 0.3 is 0 Å². The minimum absolute atomic E-state index is 0. The Morgan fingerprint density at radius 3 is 2.53 bits per heavy atom. The molecular formula is C29H40Cl5N7O2. The SMILES string of the molecule is CC(C)N(CCCCc1nc2cc(Cl)c(Cl)cc2[nH]1)C[C@H]1C[C@@H](n2ccc3c(NC4CC4)ncnc32)[C@@H](O)[C@@H]1O.Cl.Cl.Cl. The molecule has 1 aromatic carbocycles.